The van der Waals surface area contributed by atoms with Crippen LogP contribution in [0.4, 0.5) is 0 Å². The maximum atomic E-state index is 6.76. The van der Waals surface area contributed by atoms with Crippen LogP contribution in [0.2, 0.25) is 0 Å². The van der Waals surface area contributed by atoms with E-state index in [-0.39, 0.29) is 0 Å². The summed E-state index contributed by atoms with van der Waals surface area (Å²) >= 11 is 0. The highest BCUT2D eigenvalue weighted by Gasteiger charge is 2.21. The molecule has 0 atom stereocenters. The molecule has 0 saturated carbocycles. The van der Waals surface area contributed by atoms with Gasteiger partial charge in [0.05, 0.1) is 11.1 Å². The molecular formula is C57H31N3O3. The first-order valence-corrected chi connectivity index (χ1v) is 21.1. The van der Waals surface area contributed by atoms with Crippen LogP contribution in [-0.2, 0) is 0 Å². The minimum atomic E-state index is 0.508. The van der Waals surface area contributed by atoms with Crippen molar-refractivity contribution in [2.75, 3.05) is 0 Å². The van der Waals surface area contributed by atoms with Gasteiger partial charge < -0.3 is 13.3 Å². The summed E-state index contributed by atoms with van der Waals surface area (Å²) in [7, 11) is 0. The molecule has 0 aliphatic heterocycles. The second-order valence-electron chi connectivity index (χ2n) is 16.2. The highest BCUT2D eigenvalue weighted by Crippen LogP contribution is 2.42. The molecule has 14 aromatic rings. The Balaban J connectivity index is 0.983. The van der Waals surface area contributed by atoms with Gasteiger partial charge in [0.15, 0.2) is 17.5 Å². The van der Waals surface area contributed by atoms with Crippen molar-refractivity contribution < 1.29 is 13.3 Å². The van der Waals surface area contributed by atoms with Gasteiger partial charge in [0.25, 0.3) is 0 Å². The number of furan rings is 3. The van der Waals surface area contributed by atoms with E-state index < -0.39 is 0 Å². The van der Waals surface area contributed by atoms with Gasteiger partial charge in [-0.3, -0.25) is 0 Å². The zero-order chi connectivity index (χ0) is 41.2. The number of rotatable bonds is 4. The van der Waals surface area contributed by atoms with E-state index in [4.69, 9.17) is 28.2 Å². The van der Waals surface area contributed by atoms with E-state index in [1.54, 1.807) is 0 Å². The van der Waals surface area contributed by atoms with Crippen molar-refractivity contribution in [3.63, 3.8) is 0 Å². The van der Waals surface area contributed by atoms with Gasteiger partial charge in [0, 0.05) is 37.9 Å². The molecule has 6 nitrogen and oxygen atoms in total. The van der Waals surface area contributed by atoms with Crippen LogP contribution in [0.1, 0.15) is 0 Å². The zero-order valence-corrected chi connectivity index (χ0v) is 33.5. The summed E-state index contributed by atoms with van der Waals surface area (Å²) in [5.74, 6) is 1.58. The lowest BCUT2D eigenvalue weighted by Gasteiger charge is -2.12. The van der Waals surface area contributed by atoms with Gasteiger partial charge in [-0.1, -0.05) is 133 Å². The number of fused-ring (bicyclic) bond motifs is 15. The average molecular weight is 806 g/mol. The Morgan fingerprint density at radius 1 is 0.238 bits per heavy atom. The molecule has 292 valence electrons. The predicted octanol–water partition coefficient (Wildman–Crippen LogP) is 15.7. The highest BCUT2D eigenvalue weighted by atomic mass is 16.3. The molecule has 0 N–H and O–H groups in total. The molecule has 0 amide bonds. The van der Waals surface area contributed by atoms with E-state index in [0.29, 0.717) is 23.1 Å². The van der Waals surface area contributed by atoms with E-state index in [1.807, 2.05) is 54.6 Å². The summed E-state index contributed by atoms with van der Waals surface area (Å²) in [6.07, 6.45) is 0. The summed E-state index contributed by atoms with van der Waals surface area (Å²) in [4.78, 5) is 15.8. The van der Waals surface area contributed by atoms with Crippen LogP contribution in [-0.4, -0.2) is 15.0 Å². The molecular weight excluding hydrogens is 775 g/mol. The largest absolute Gasteiger partial charge is 0.456 e. The van der Waals surface area contributed by atoms with Gasteiger partial charge in [-0.25, -0.2) is 15.0 Å². The van der Waals surface area contributed by atoms with E-state index >= 15 is 0 Å². The third kappa shape index (κ3) is 5.09. The molecule has 0 radical (unpaired) electrons. The smallest absolute Gasteiger partial charge is 0.167 e. The monoisotopic (exact) mass is 805 g/mol. The fraction of sp³-hybridized carbons (Fsp3) is 0. The van der Waals surface area contributed by atoms with Crippen molar-refractivity contribution in [3.8, 4) is 45.3 Å². The first-order valence-electron chi connectivity index (χ1n) is 21.1. The molecule has 0 unspecified atom stereocenters. The normalized spacial score (nSPS) is 12.1. The van der Waals surface area contributed by atoms with Gasteiger partial charge in [-0.15, -0.1) is 0 Å². The van der Waals surface area contributed by atoms with E-state index in [1.165, 1.54) is 26.9 Å². The number of para-hydroxylation sites is 4. The van der Waals surface area contributed by atoms with E-state index in [9.17, 15) is 0 Å². The molecule has 10 aromatic carbocycles. The lowest BCUT2D eigenvalue weighted by atomic mass is 9.93. The van der Waals surface area contributed by atoms with Crippen molar-refractivity contribution in [2.24, 2.45) is 0 Å². The van der Waals surface area contributed by atoms with Gasteiger partial charge in [0.2, 0.25) is 0 Å². The Bertz CT molecular complexity index is 4200. The lowest BCUT2D eigenvalue weighted by Crippen LogP contribution is -2.00. The summed E-state index contributed by atoms with van der Waals surface area (Å²) in [5.41, 5.74) is 9.42. The summed E-state index contributed by atoms with van der Waals surface area (Å²) in [6, 6.07) is 65.2. The fourth-order valence-electron chi connectivity index (χ4n) is 9.78. The topological polar surface area (TPSA) is 78.1 Å². The number of hydrogen-bond acceptors (Lipinski definition) is 6. The second kappa shape index (κ2) is 12.9. The van der Waals surface area contributed by atoms with Crippen LogP contribution in [0, 0.1) is 0 Å². The molecule has 0 bridgehead atoms. The molecule has 63 heavy (non-hydrogen) atoms. The van der Waals surface area contributed by atoms with Gasteiger partial charge in [-0.05, 0) is 98.0 Å². The Labute approximate surface area is 358 Å². The van der Waals surface area contributed by atoms with Crippen molar-refractivity contribution in [2.45, 2.75) is 0 Å². The van der Waals surface area contributed by atoms with Crippen molar-refractivity contribution >= 4 is 98.1 Å². The van der Waals surface area contributed by atoms with Crippen LogP contribution in [0.25, 0.3) is 143 Å². The van der Waals surface area contributed by atoms with Crippen LogP contribution in [0.15, 0.2) is 201 Å². The zero-order valence-electron chi connectivity index (χ0n) is 33.5. The SMILES string of the molecule is c1ccc2c(c1)oc1ccc(-c3ccc4oc5c(-c6nc(-c7ccc8c9ccccc9c9ccccc9c8c7)nc(-c7cccc8c7oc7ccccc78)n6)cccc5c4c3)cc12. The Morgan fingerprint density at radius 2 is 0.619 bits per heavy atom. The first kappa shape index (κ1) is 34.1. The number of benzene rings is 10. The Hall–Kier alpha value is -8.61. The third-order valence-electron chi connectivity index (χ3n) is 12.7. The Kier molecular flexibility index (Phi) is 7.02. The van der Waals surface area contributed by atoms with Crippen LogP contribution in [0.3, 0.4) is 0 Å². The predicted molar refractivity (Wildman–Crippen MR) is 256 cm³/mol. The Morgan fingerprint density at radius 3 is 1.22 bits per heavy atom. The number of aromatic nitrogens is 3. The molecule has 0 aliphatic rings. The molecule has 0 saturated heterocycles. The average Bonchev–Trinajstić information content (AvgIpc) is 4.05. The molecule has 6 heteroatoms. The molecule has 0 aliphatic carbocycles. The van der Waals surface area contributed by atoms with Gasteiger partial charge in [0.1, 0.15) is 33.5 Å². The summed E-state index contributed by atoms with van der Waals surface area (Å²) < 4.78 is 19.4. The molecule has 0 fully saturated rings. The molecule has 14 rings (SSSR count). The lowest BCUT2D eigenvalue weighted by molar-refractivity contribution is 0.668. The summed E-state index contributed by atoms with van der Waals surface area (Å²) in [6.45, 7) is 0. The maximum Gasteiger partial charge on any atom is 0.167 e. The first-order chi connectivity index (χ1) is 31.2. The maximum absolute atomic E-state index is 6.76. The third-order valence-corrected chi connectivity index (χ3v) is 12.7. The minimum Gasteiger partial charge on any atom is -0.456 e. The van der Waals surface area contributed by atoms with Crippen molar-refractivity contribution in [1.82, 2.24) is 15.0 Å². The summed E-state index contributed by atoms with van der Waals surface area (Å²) in [5, 5.41) is 13.4. The number of nitrogens with zero attached hydrogens (tertiary/aromatic N) is 3. The van der Waals surface area contributed by atoms with Crippen LogP contribution in [0.5, 0.6) is 0 Å². The fourth-order valence-corrected chi connectivity index (χ4v) is 9.78. The minimum absolute atomic E-state index is 0.508. The van der Waals surface area contributed by atoms with Crippen molar-refractivity contribution in [1.29, 1.82) is 0 Å². The van der Waals surface area contributed by atoms with Crippen LogP contribution < -0.4 is 0 Å². The highest BCUT2D eigenvalue weighted by molar-refractivity contribution is 6.25. The van der Waals surface area contributed by atoms with Gasteiger partial charge in [-0.2, -0.15) is 0 Å². The van der Waals surface area contributed by atoms with Gasteiger partial charge >= 0.3 is 0 Å². The molecule has 0 spiro atoms. The quantitative estimate of drug-likeness (QED) is 0.165. The number of hydrogen-bond donors (Lipinski definition) is 0. The van der Waals surface area contributed by atoms with Crippen LogP contribution >= 0.6 is 0 Å². The van der Waals surface area contributed by atoms with Crippen molar-refractivity contribution in [3.05, 3.63) is 188 Å². The molecule has 4 aromatic heterocycles. The molecule has 4 heterocycles. The second-order valence-corrected chi connectivity index (χ2v) is 16.2. The standard InChI is InChI=1S/C57H31N3O3/c1-2-13-37-35(11-1)36-12-3-4-14-38(36)46-31-34(23-26-39(37)46)55-58-56(44-19-9-17-42-40-15-5-8-22-50(40)62-53(42)44)60-57(59-55)45-20-10-18-43-48-30-33(25-28-52(48)63-54(43)45)32-24-27-51-47(29-32)41-16-6-7-21-49(41)61-51/h1-31H. The van der Waals surface area contributed by atoms with E-state index in [0.717, 1.165) is 93.4 Å². The van der Waals surface area contributed by atoms with E-state index in [2.05, 4.69) is 133 Å².